The molecule has 2 aromatic carbocycles. The molecule has 9 heteroatoms. The van der Waals surface area contributed by atoms with E-state index in [1.807, 2.05) is 36.0 Å². The van der Waals surface area contributed by atoms with E-state index in [2.05, 4.69) is 0 Å². The van der Waals surface area contributed by atoms with Crippen LogP contribution in [0.15, 0.2) is 54.2 Å². The molecule has 1 atom stereocenters. The van der Waals surface area contributed by atoms with Crippen LogP contribution in [0.5, 0.6) is 0 Å². The van der Waals surface area contributed by atoms with Gasteiger partial charge >= 0.3 is 0 Å². The standard InChI is InChI=1S/C24H26N4O5/c1-25(2)18-9-11-19(12-10-18)27-23(30)21(17-5-7-20(8-6-17)28(32)33)22(24(27)31)26-13-3-4-16(14-26)15-29/h5-12,16,29H,3-4,13-15H2,1-2H3. The molecule has 1 N–H and O–H groups in total. The number of nitro benzene ring substituents is 1. The van der Waals surface area contributed by atoms with Gasteiger partial charge in [-0.25, -0.2) is 4.90 Å². The first-order valence-electron chi connectivity index (χ1n) is 10.8. The fourth-order valence-electron chi connectivity index (χ4n) is 4.37. The fourth-order valence-corrected chi connectivity index (χ4v) is 4.37. The summed E-state index contributed by atoms with van der Waals surface area (Å²) in [6, 6.07) is 12.8. The van der Waals surface area contributed by atoms with Gasteiger partial charge in [0.2, 0.25) is 0 Å². The summed E-state index contributed by atoms with van der Waals surface area (Å²) in [5.74, 6) is -0.877. The molecule has 33 heavy (non-hydrogen) atoms. The second kappa shape index (κ2) is 9.03. The minimum atomic E-state index is -0.504. The normalized spacial score (nSPS) is 18.8. The zero-order valence-electron chi connectivity index (χ0n) is 18.6. The topological polar surface area (TPSA) is 107 Å². The maximum absolute atomic E-state index is 13.6. The monoisotopic (exact) mass is 450 g/mol. The van der Waals surface area contributed by atoms with E-state index in [0.29, 0.717) is 24.3 Å². The highest BCUT2D eigenvalue weighted by Gasteiger charge is 2.43. The number of imide groups is 1. The number of aliphatic hydroxyl groups excluding tert-OH is 1. The van der Waals surface area contributed by atoms with Crippen molar-refractivity contribution in [3.05, 3.63) is 69.9 Å². The third-order valence-corrected chi connectivity index (χ3v) is 6.14. The van der Waals surface area contributed by atoms with Crippen LogP contribution in [0.3, 0.4) is 0 Å². The minimum Gasteiger partial charge on any atom is -0.396 e. The third kappa shape index (κ3) is 4.19. The van der Waals surface area contributed by atoms with Crippen LogP contribution in [0.1, 0.15) is 18.4 Å². The van der Waals surface area contributed by atoms with Crippen molar-refractivity contribution in [2.75, 3.05) is 43.6 Å². The van der Waals surface area contributed by atoms with Gasteiger partial charge in [-0.05, 0) is 60.7 Å². The highest BCUT2D eigenvalue weighted by molar-refractivity contribution is 6.45. The summed E-state index contributed by atoms with van der Waals surface area (Å²) < 4.78 is 0. The number of hydrogen-bond acceptors (Lipinski definition) is 7. The summed E-state index contributed by atoms with van der Waals surface area (Å²) in [5, 5.41) is 20.7. The summed E-state index contributed by atoms with van der Waals surface area (Å²) in [6.45, 7) is 1.07. The van der Waals surface area contributed by atoms with Crippen molar-refractivity contribution in [3.8, 4) is 0 Å². The van der Waals surface area contributed by atoms with E-state index >= 15 is 0 Å². The van der Waals surface area contributed by atoms with E-state index in [9.17, 15) is 24.8 Å². The lowest BCUT2D eigenvalue weighted by Gasteiger charge is -2.34. The Morgan fingerprint density at radius 2 is 1.73 bits per heavy atom. The zero-order valence-corrected chi connectivity index (χ0v) is 18.6. The van der Waals surface area contributed by atoms with E-state index in [-0.39, 0.29) is 29.5 Å². The lowest BCUT2D eigenvalue weighted by molar-refractivity contribution is -0.384. The SMILES string of the molecule is CN(C)c1ccc(N2C(=O)C(c3ccc([N+](=O)[O-])cc3)=C(N3CCCC(CO)C3)C2=O)cc1. The fraction of sp³-hybridized carbons (Fsp3) is 0.333. The number of anilines is 2. The predicted octanol–water partition coefficient (Wildman–Crippen LogP) is 2.65. The predicted molar refractivity (Wildman–Crippen MR) is 125 cm³/mol. The number of amides is 2. The van der Waals surface area contributed by atoms with Crippen molar-refractivity contribution in [3.63, 3.8) is 0 Å². The van der Waals surface area contributed by atoms with E-state index in [0.717, 1.165) is 23.4 Å². The van der Waals surface area contributed by atoms with Gasteiger partial charge in [0.1, 0.15) is 5.70 Å². The van der Waals surface area contributed by atoms with Gasteiger partial charge in [-0.3, -0.25) is 19.7 Å². The van der Waals surface area contributed by atoms with Crippen molar-refractivity contribution in [2.45, 2.75) is 12.8 Å². The molecular formula is C24H26N4O5. The van der Waals surface area contributed by atoms with Gasteiger partial charge in [-0.1, -0.05) is 0 Å². The lowest BCUT2D eigenvalue weighted by atomic mass is 9.97. The first-order valence-corrected chi connectivity index (χ1v) is 10.8. The molecule has 0 bridgehead atoms. The van der Waals surface area contributed by atoms with Crippen LogP contribution in [-0.2, 0) is 9.59 Å². The summed E-state index contributed by atoms with van der Waals surface area (Å²) in [7, 11) is 3.81. The quantitative estimate of drug-likeness (QED) is 0.410. The van der Waals surface area contributed by atoms with Crippen LogP contribution >= 0.6 is 0 Å². The molecule has 0 spiro atoms. The summed E-state index contributed by atoms with van der Waals surface area (Å²) in [4.78, 5) is 42.7. The van der Waals surface area contributed by atoms with Crippen molar-refractivity contribution >= 4 is 34.4 Å². The molecule has 4 rings (SSSR count). The number of rotatable bonds is 6. The molecule has 0 aromatic heterocycles. The smallest absolute Gasteiger partial charge is 0.282 e. The van der Waals surface area contributed by atoms with Crippen LogP contribution in [0, 0.1) is 16.0 Å². The van der Waals surface area contributed by atoms with Gasteiger partial charge in [-0.2, -0.15) is 0 Å². The van der Waals surface area contributed by atoms with Gasteiger partial charge in [0.05, 0.1) is 16.2 Å². The Hall–Kier alpha value is -3.72. The number of non-ortho nitro benzene ring substituents is 1. The molecule has 172 valence electrons. The largest absolute Gasteiger partial charge is 0.396 e. The van der Waals surface area contributed by atoms with Crippen LogP contribution in [-0.4, -0.2) is 60.5 Å². The Bertz CT molecular complexity index is 1110. The highest BCUT2D eigenvalue weighted by atomic mass is 16.6. The van der Waals surface area contributed by atoms with Crippen molar-refractivity contribution in [2.24, 2.45) is 5.92 Å². The number of nitrogens with zero attached hydrogens (tertiary/aromatic N) is 4. The van der Waals surface area contributed by atoms with Gasteiger partial charge in [0.15, 0.2) is 0 Å². The zero-order chi connectivity index (χ0) is 23.7. The lowest BCUT2D eigenvalue weighted by Crippen LogP contribution is -2.40. The Kier molecular flexibility index (Phi) is 6.15. The Labute approximate surface area is 191 Å². The Balaban J connectivity index is 1.78. The second-order valence-electron chi connectivity index (χ2n) is 8.52. The molecular weight excluding hydrogens is 424 g/mol. The molecule has 0 radical (unpaired) electrons. The molecule has 2 heterocycles. The number of nitro groups is 1. The first-order chi connectivity index (χ1) is 15.8. The van der Waals surface area contributed by atoms with Crippen LogP contribution in [0.25, 0.3) is 5.57 Å². The van der Waals surface area contributed by atoms with E-state index in [1.54, 1.807) is 12.1 Å². The first kappa shape index (κ1) is 22.5. The van der Waals surface area contributed by atoms with Crippen LogP contribution in [0.4, 0.5) is 17.1 Å². The minimum absolute atomic E-state index is 0.00843. The molecule has 2 aliphatic heterocycles. The Morgan fingerprint density at radius 1 is 1.06 bits per heavy atom. The number of piperidine rings is 1. The number of carbonyl (C=O) groups excluding carboxylic acids is 2. The summed E-state index contributed by atoms with van der Waals surface area (Å²) in [5.41, 5.74) is 2.26. The Morgan fingerprint density at radius 3 is 2.30 bits per heavy atom. The van der Waals surface area contributed by atoms with Crippen LogP contribution in [0.2, 0.25) is 0 Å². The second-order valence-corrected chi connectivity index (χ2v) is 8.52. The number of hydrogen-bond donors (Lipinski definition) is 1. The highest BCUT2D eigenvalue weighted by Crippen LogP contribution is 2.37. The average molecular weight is 450 g/mol. The number of aliphatic hydroxyl groups is 1. The molecule has 1 saturated heterocycles. The summed E-state index contributed by atoms with van der Waals surface area (Å²) in [6.07, 6.45) is 1.65. The molecule has 0 aliphatic carbocycles. The van der Waals surface area contributed by atoms with E-state index in [1.165, 1.54) is 24.3 Å². The molecule has 2 aromatic rings. The maximum atomic E-state index is 13.6. The molecule has 2 aliphatic rings. The number of benzene rings is 2. The maximum Gasteiger partial charge on any atom is 0.282 e. The van der Waals surface area contributed by atoms with Crippen molar-refractivity contribution < 1.29 is 19.6 Å². The number of carbonyl (C=O) groups is 2. The molecule has 2 amide bonds. The number of likely N-dealkylation sites (tertiary alicyclic amines) is 1. The molecule has 1 fully saturated rings. The van der Waals surface area contributed by atoms with Crippen molar-refractivity contribution in [1.82, 2.24) is 4.90 Å². The van der Waals surface area contributed by atoms with E-state index in [4.69, 9.17) is 0 Å². The molecule has 9 nitrogen and oxygen atoms in total. The van der Waals surface area contributed by atoms with Crippen molar-refractivity contribution in [1.29, 1.82) is 0 Å². The van der Waals surface area contributed by atoms with Gasteiger partial charge in [0.25, 0.3) is 17.5 Å². The van der Waals surface area contributed by atoms with Gasteiger partial charge < -0.3 is 14.9 Å². The van der Waals surface area contributed by atoms with E-state index < -0.39 is 16.7 Å². The average Bonchev–Trinajstić information content (AvgIpc) is 3.09. The van der Waals surface area contributed by atoms with Gasteiger partial charge in [-0.15, -0.1) is 0 Å². The molecule has 1 unspecified atom stereocenters. The van der Waals surface area contributed by atoms with Gasteiger partial charge in [0, 0.05) is 51.6 Å². The molecule has 0 saturated carbocycles. The van der Waals surface area contributed by atoms with Crippen LogP contribution < -0.4 is 9.80 Å². The third-order valence-electron chi connectivity index (χ3n) is 6.14. The summed E-state index contributed by atoms with van der Waals surface area (Å²) >= 11 is 0.